The molecule has 1 aliphatic heterocycles. The van der Waals surface area contributed by atoms with Crippen LogP contribution in [0.1, 0.15) is 50.3 Å². The summed E-state index contributed by atoms with van der Waals surface area (Å²) in [4.78, 5) is 2.60. The first kappa shape index (κ1) is 12.9. The minimum atomic E-state index is 0.437. The Kier molecular flexibility index (Phi) is 3.57. The molecule has 1 atom stereocenters. The zero-order chi connectivity index (χ0) is 13.4. The predicted molar refractivity (Wildman–Crippen MR) is 79.5 cm³/mol. The Labute approximate surface area is 121 Å². The average molecular weight is 274 g/mol. The smallest absolute Gasteiger partial charge is 0.122 e. The van der Waals surface area contributed by atoms with Gasteiger partial charge in [-0.2, -0.15) is 0 Å². The van der Waals surface area contributed by atoms with Crippen LogP contribution in [-0.2, 0) is 0 Å². The van der Waals surface area contributed by atoms with Crippen molar-refractivity contribution < 1.29 is 4.42 Å². The van der Waals surface area contributed by atoms with E-state index in [4.69, 9.17) is 4.42 Å². The van der Waals surface area contributed by atoms with Crippen molar-refractivity contribution in [3.05, 3.63) is 24.2 Å². The van der Waals surface area contributed by atoms with Crippen LogP contribution in [0.3, 0.4) is 0 Å². The maximum atomic E-state index is 5.71. The molecule has 0 radical (unpaired) electrons. The van der Waals surface area contributed by atoms with Gasteiger partial charge in [-0.05, 0) is 75.6 Å². The van der Waals surface area contributed by atoms with Crippen LogP contribution in [0, 0.1) is 11.8 Å². The third-order valence-electron chi connectivity index (χ3n) is 5.26. The lowest BCUT2D eigenvalue weighted by molar-refractivity contribution is 0.200. The second kappa shape index (κ2) is 5.53. The van der Waals surface area contributed by atoms with Crippen LogP contribution in [0.5, 0.6) is 0 Å². The SMILES string of the molecule is c1coc(C(CNC(C2CC2)C2CC2)N2CCCC2)c1. The molecule has 2 saturated carbocycles. The Morgan fingerprint density at radius 3 is 2.40 bits per heavy atom. The third-order valence-corrected chi connectivity index (χ3v) is 5.26. The minimum absolute atomic E-state index is 0.437. The molecule has 1 N–H and O–H groups in total. The van der Waals surface area contributed by atoms with Crippen molar-refractivity contribution in [1.29, 1.82) is 0 Å². The van der Waals surface area contributed by atoms with Crippen molar-refractivity contribution >= 4 is 0 Å². The van der Waals surface area contributed by atoms with Gasteiger partial charge in [-0.15, -0.1) is 0 Å². The largest absolute Gasteiger partial charge is 0.468 e. The molecule has 1 saturated heterocycles. The molecule has 0 spiro atoms. The lowest BCUT2D eigenvalue weighted by atomic mass is 10.1. The highest BCUT2D eigenvalue weighted by atomic mass is 16.3. The van der Waals surface area contributed by atoms with Crippen LogP contribution in [-0.4, -0.2) is 30.6 Å². The predicted octanol–water partition coefficient (Wildman–Crippen LogP) is 3.19. The second-order valence-electron chi connectivity index (χ2n) is 6.88. The Bertz CT molecular complexity index is 404. The lowest BCUT2D eigenvalue weighted by Gasteiger charge is -2.28. The van der Waals surface area contributed by atoms with E-state index in [0.29, 0.717) is 6.04 Å². The molecule has 1 aromatic heterocycles. The first-order valence-corrected chi connectivity index (χ1v) is 8.42. The van der Waals surface area contributed by atoms with Crippen molar-refractivity contribution in [2.24, 2.45) is 11.8 Å². The highest BCUT2D eigenvalue weighted by Crippen LogP contribution is 2.44. The Balaban J connectivity index is 1.41. The fourth-order valence-electron chi connectivity index (χ4n) is 3.82. The molecule has 2 heterocycles. The molecule has 3 heteroatoms. The van der Waals surface area contributed by atoms with Gasteiger partial charge in [0, 0.05) is 12.6 Å². The molecule has 2 aliphatic carbocycles. The molecule has 110 valence electrons. The van der Waals surface area contributed by atoms with E-state index in [9.17, 15) is 0 Å². The van der Waals surface area contributed by atoms with Gasteiger partial charge >= 0.3 is 0 Å². The van der Waals surface area contributed by atoms with Crippen LogP contribution in [0.4, 0.5) is 0 Å². The number of nitrogens with one attached hydrogen (secondary N) is 1. The van der Waals surface area contributed by atoms with Gasteiger partial charge in [0.2, 0.25) is 0 Å². The monoisotopic (exact) mass is 274 g/mol. The maximum Gasteiger partial charge on any atom is 0.122 e. The van der Waals surface area contributed by atoms with Gasteiger partial charge in [0.25, 0.3) is 0 Å². The number of furan rings is 1. The number of hydrogen-bond donors (Lipinski definition) is 1. The summed E-state index contributed by atoms with van der Waals surface area (Å²) < 4.78 is 5.71. The van der Waals surface area contributed by atoms with Crippen molar-refractivity contribution in [1.82, 2.24) is 10.2 Å². The van der Waals surface area contributed by atoms with Gasteiger partial charge in [-0.25, -0.2) is 0 Å². The fraction of sp³-hybridized carbons (Fsp3) is 0.765. The molecule has 1 unspecified atom stereocenters. The van der Waals surface area contributed by atoms with Crippen molar-refractivity contribution in [2.45, 2.75) is 50.6 Å². The van der Waals surface area contributed by atoms with Gasteiger partial charge in [0.15, 0.2) is 0 Å². The molecule has 0 amide bonds. The second-order valence-corrected chi connectivity index (χ2v) is 6.88. The van der Waals surface area contributed by atoms with Gasteiger partial charge in [-0.3, -0.25) is 4.90 Å². The van der Waals surface area contributed by atoms with E-state index in [-0.39, 0.29) is 0 Å². The lowest BCUT2D eigenvalue weighted by Crippen LogP contribution is -2.40. The summed E-state index contributed by atoms with van der Waals surface area (Å²) in [5, 5.41) is 3.91. The van der Waals surface area contributed by atoms with Crippen LogP contribution >= 0.6 is 0 Å². The van der Waals surface area contributed by atoms with E-state index in [2.05, 4.69) is 16.3 Å². The first-order valence-electron chi connectivity index (χ1n) is 8.42. The van der Waals surface area contributed by atoms with Gasteiger partial charge in [-0.1, -0.05) is 0 Å². The summed E-state index contributed by atoms with van der Waals surface area (Å²) in [5.74, 6) is 3.08. The molecular weight excluding hydrogens is 248 g/mol. The molecule has 20 heavy (non-hydrogen) atoms. The molecular formula is C17H26N2O. The fourth-order valence-corrected chi connectivity index (χ4v) is 3.82. The van der Waals surface area contributed by atoms with E-state index < -0.39 is 0 Å². The molecule has 3 fully saturated rings. The maximum absolute atomic E-state index is 5.71. The normalized spacial score (nSPS) is 25.4. The number of rotatable bonds is 7. The van der Waals surface area contributed by atoms with Gasteiger partial charge in [0.1, 0.15) is 5.76 Å². The van der Waals surface area contributed by atoms with E-state index in [1.807, 2.05) is 12.3 Å². The topological polar surface area (TPSA) is 28.4 Å². The van der Waals surface area contributed by atoms with E-state index in [1.54, 1.807) is 0 Å². The number of nitrogens with zero attached hydrogens (tertiary/aromatic N) is 1. The third kappa shape index (κ3) is 2.79. The van der Waals surface area contributed by atoms with Crippen molar-refractivity contribution in [3.8, 4) is 0 Å². The number of likely N-dealkylation sites (tertiary alicyclic amines) is 1. The standard InChI is InChI=1S/C17H26N2O/c1-2-10-19(9-1)15(16-4-3-11-20-16)12-18-17(13-5-6-13)14-7-8-14/h3-4,11,13-15,17-18H,1-2,5-10,12H2. The van der Waals surface area contributed by atoms with Crippen molar-refractivity contribution in [3.63, 3.8) is 0 Å². The van der Waals surface area contributed by atoms with Crippen molar-refractivity contribution in [2.75, 3.05) is 19.6 Å². The van der Waals surface area contributed by atoms with E-state index in [0.717, 1.165) is 30.2 Å². The van der Waals surface area contributed by atoms with Gasteiger partial charge < -0.3 is 9.73 Å². The van der Waals surface area contributed by atoms with E-state index >= 15 is 0 Å². The molecule has 1 aromatic rings. The van der Waals surface area contributed by atoms with Crippen LogP contribution < -0.4 is 5.32 Å². The average Bonchev–Trinajstić information content (AvgIpc) is 3.37. The Morgan fingerprint density at radius 2 is 1.85 bits per heavy atom. The van der Waals surface area contributed by atoms with Crippen LogP contribution in [0.15, 0.2) is 22.8 Å². The van der Waals surface area contributed by atoms with Gasteiger partial charge in [0.05, 0.1) is 12.3 Å². The molecule has 0 aromatic carbocycles. The van der Waals surface area contributed by atoms with Crippen LogP contribution in [0.2, 0.25) is 0 Å². The summed E-state index contributed by atoms with van der Waals surface area (Å²) >= 11 is 0. The summed E-state index contributed by atoms with van der Waals surface area (Å²) in [7, 11) is 0. The summed E-state index contributed by atoms with van der Waals surface area (Å²) in [6.07, 6.45) is 10.3. The quantitative estimate of drug-likeness (QED) is 0.827. The Hall–Kier alpha value is -0.800. The first-order chi connectivity index (χ1) is 9.92. The summed E-state index contributed by atoms with van der Waals surface area (Å²) in [6, 6.07) is 5.40. The molecule has 3 aliphatic rings. The molecule has 0 bridgehead atoms. The zero-order valence-electron chi connectivity index (χ0n) is 12.3. The Morgan fingerprint density at radius 1 is 1.15 bits per heavy atom. The highest BCUT2D eigenvalue weighted by molar-refractivity contribution is 5.07. The molecule has 3 nitrogen and oxygen atoms in total. The highest BCUT2D eigenvalue weighted by Gasteiger charge is 2.41. The van der Waals surface area contributed by atoms with E-state index in [1.165, 1.54) is 51.6 Å². The van der Waals surface area contributed by atoms with Crippen LogP contribution in [0.25, 0.3) is 0 Å². The summed E-state index contributed by atoms with van der Waals surface area (Å²) in [6.45, 7) is 3.51. The molecule has 4 rings (SSSR count). The number of hydrogen-bond acceptors (Lipinski definition) is 3. The zero-order valence-corrected chi connectivity index (χ0v) is 12.3. The minimum Gasteiger partial charge on any atom is -0.468 e. The summed E-state index contributed by atoms with van der Waals surface area (Å²) in [5.41, 5.74) is 0.